The SMILES string of the molecule is CCc1ccc(CC2CN(CCC(=O)c3ccc4[nH]c(=O)oc4c3)CCN2C(=O)O)cc1. The van der Waals surface area contributed by atoms with E-state index in [4.69, 9.17) is 4.42 Å². The van der Waals surface area contributed by atoms with Gasteiger partial charge in [-0.05, 0) is 42.2 Å². The number of oxazole rings is 1. The van der Waals surface area contributed by atoms with Gasteiger partial charge in [-0.15, -0.1) is 0 Å². The van der Waals surface area contributed by atoms with Gasteiger partial charge in [-0.3, -0.25) is 14.7 Å². The normalized spacial score (nSPS) is 17.0. The topological polar surface area (TPSA) is 107 Å². The molecule has 1 amide bonds. The van der Waals surface area contributed by atoms with E-state index >= 15 is 0 Å². The molecule has 1 saturated heterocycles. The van der Waals surface area contributed by atoms with Gasteiger partial charge in [0.25, 0.3) is 0 Å². The molecule has 8 heteroatoms. The number of benzene rings is 2. The smallest absolute Gasteiger partial charge is 0.417 e. The van der Waals surface area contributed by atoms with Crippen LogP contribution in [0, 0.1) is 0 Å². The second-order valence-corrected chi connectivity index (χ2v) is 8.20. The maximum atomic E-state index is 12.7. The molecule has 1 aromatic heterocycles. The number of aryl methyl sites for hydroxylation is 1. The number of hydrogen-bond acceptors (Lipinski definition) is 5. The van der Waals surface area contributed by atoms with Gasteiger partial charge in [-0.2, -0.15) is 0 Å². The van der Waals surface area contributed by atoms with Crippen molar-refractivity contribution >= 4 is 23.0 Å². The Morgan fingerprint density at radius 2 is 1.88 bits per heavy atom. The number of piperazine rings is 1. The van der Waals surface area contributed by atoms with Gasteiger partial charge in [-0.25, -0.2) is 9.59 Å². The van der Waals surface area contributed by atoms with Gasteiger partial charge in [0.15, 0.2) is 11.4 Å². The summed E-state index contributed by atoms with van der Waals surface area (Å²) in [6, 6.07) is 13.1. The number of rotatable bonds is 7. The van der Waals surface area contributed by atoms with Crippen LogP contribution in [0.25, 0.3) is 11.1 Å². The Hall–Kier alpha value is -3.39. The van der Waals surface area contributed by atoms with E-state index in [9.17, 15) is 19.5 Å². The summed E-state index contributed by atoms with van der Waals surface area (Å²) in [6.45, 7) is 4.25. The minimum Gasteiger partial charge on any atom is -0.465 e. The number of hydrogen-bond donors (Lipinski definition) is 2. The summed E-state index contributed by atoms with van der Waals surface area (Å²) in [5, 5.41) is 9.63. The summed E-state index contributed by atoms with van der Waals surface area (Å²) < 4.78 is 5.04. The lowest BCUT2D eigenvalue weighted by Crippen LogP contribution is -2.55. The maximum Gasteiger partial charge on any atom is 0.417 e. The van der Waals surface area contributed by atoms with Crippen molar-refractivity contribution < 1.29 is 19.1 Å². The van der Waals surface area contributed by atoms with E-state index in [-0.39, 0.29) is 11.8 Å². The molecular formula is C24H27N3O5. The minimum atomic E-state index is -0.905. The van der Waals surface area contributed by atoms with Crippen LogP contribution in [0.4, 0.5) is 4.79 Å². The first-order chi connectivity index (χ1) is 15.4. The zero-order chi connectivity index (χ0) is 22.7. The highest BCUT2D eigenvalue weighted by atomic mass is 16.4. The molecule has 0 aliphatic carbocycles. The average Bonchev–Trinajstić information content (AvgIpc) is 3.17. The summed E-state index contributed by atoms with van der Waals surface area (Å²) in [4.78, 5) is 42.0. The molecule has 4 rings (SSSR count). The molecule has 2 aromatic carbocycles. The van der Waals surface area contributed by atoms with Crippen molar-refractivity contribution in [2.75, 3.05) is 26.2 Å². The molecule has 2 N–H and O–H groups in total. The summed E-state index contributed by atoms with van der Waals surface area (Å²) >= 11 is 0. The Morgan fingerprint density at radius 1 is 1.12 bits per heavy atom. The van der Waals surface area contributed by atoms with E-state index in [0.717, 1.165) is 12.0 Å². The lowest BCUT2D eigenvalue weighted by Gasteiger charge is -2.40. The maximum absolute atomic E-state index is 12.7. The fraction of sp³-hybridized carbons (Fsp3) is 0.375. The standard InChI is InChI=1S/C24H27N3O5/c1-2-16-3-5-17(6-4-16)13-19-15-26(11-12-27(19)24(30)31)10-9-21(28)18-7-8-20-22(14-18)32-23(29)25-20/h3-8,14,19H,2,9-13,15H2,1H3,(H,25,29)(H,30,31). The van der Waals surface area contributed by atoms with E-state index in [0.29, 0.717) is 55.7 Å². The number of carbonyl (C=O) groups is 2. The molecule has 2 heterocycles. The zero-order valence-electron chi connectivity index (χ0n) is 18.0. The van der Waals surface area contributed by atoms with Crippen molar-refractivity contribution in [1.29, 1.82) is 0 Å². The second-order valence-electron chi connectivity index (χ2n) is 8.20. The van der Waals surface area contributed by atoms with Crippen LogP contribution in [0.5, 0.6) is 0 Å². The number of fused-ring (bicyclic) bond motifs is 1. The van der Waals surface area contributed by atoms with Crippen molar-refractivity contribution in [3.8, 4) is 0 Å². The van der Waals surface area contributed by atoms with Gasteiger partial charge in [0, 0.05) is 38.2 Å². The van der Waals surface area contributed by atoms with Crippen LogP contribution in [-0.4, -0.2) is 64.0 Å². The molecule has 1 aliphatic heterocycles. The Morgan fingerprint density at radius 3 is 2.59 bits per heavy atom. The lowest BCUT2D eigenvalue weighted by atomic mass is 10.00. The quantitative estimate of drug-likeness (QED) is 0.550. The Kier molecular flexibility index (Phi) is 6.41. The van der Waals surface area contributed by atoms with Crippen molar-refractivity contribution in [2.24, 2.45) is 0 Å². The number of nitrogens with zero attached hydrogens (tertiary/aromatic N) is 2. The van der Waals surface area contributed by atoms with Crippen LogP contribution in [0.15, 0.2) is 51.7 Å². The summed E-state index contributed by atoms with van der Waals surface area (Å²) in [6.07, 6.45) is 1.02. The first-order valence-electron chi connectivity index (χ1n) is 10.9. The molecule has 1 unspecified atom stereocenters. The molecular weight excluding hydrogens is 410 g/mol. The summed E-state index contributed by atoms with van der Waals surface area (Å²) in [7, 11) is 0. The molecule has 0 spiro atoms. The number of nitrogens with one attached hydrogen (secondary N) is 1. The molecule has 0 radical (unpaired) electrons. The number of Topliss-reactive ketones (excluding diaryl/α,β-unsaturated/α-hetero) is 1. The van der Waals surface area contributed by atoms with Crippen molar-refractivity contribution in [2.45, 2.75) is 32.2 Å². The molecule has 1 atom stereocenters. The van der Waals surface area contributed by atoms with E-state index in [2.05, 4.69) is 41.1 Å². The molecule has 32 heavy (non-hydrogen) atoms. The van der Waals surface area contributed by atoms with Crippen LogP contribution in [-0.2, 0) is 12.8 Å². The number of ketones is 1. The Bertz CT molecular complexity index is 1160. The van der Waals surface area contributed by atoms with Crippen molar-refractivity contribution in [1.82, 2.24) is 14.8 Å². The Balaban J connectivity index is 1.39. The molecule has 1 aliphatic rings. The zero-order valence-corrected chi connectivity index (χ0v) is 18.0. The largest absolute Gasteiger partial charge is 0.465 e. The van der Waals surface area contributed by atoms with Gasteiger partial charge in [-0.1, -0.05) is 31.2 Å². The van der Waals surface area contributed by atoms with Crippen LogP contribution in [0.3, 0.4) is 0 Å². The van der Waals surface area contributed by atoms with Gasteiger partial charge < -0.3 is 14.4 Å². The van der Waals surface area contributed by atoms with E-state index < -0.39 is 11.8 Å². The van der Waals surface area contributed by atoms with E-state index in [1.165, 1.54) is 10.5 Å². The highest BCUT2D eigenvalue weighted by molar-refractivity contribution is 5.98. The molecule has 0 saturated carbocycles. The Labute approximate surface area is 185 Å². The number of carbonyl (C=O) groups excluding carboxylic acids is 1. The lowest BCUT2D eigenvalue weighted by molar-refractivity contribution is 0.0647. The number of aromatic amines is 1. The van der Waals surface area contributed by atoms with Crippen LogP contribution < -0.4 is 5.76 Å². The fourth-order valence-electron chi connectivity index (χ4n) is 4.26. The average molecular weight is 437 g/mol. The van der Waals surface area contributed by atoms with Crippen molar-refractivity contribution in [3.63, 3.8) is 0 Å². The third kappa shape index (κ3) is 4.91. The van der Waals surface area contributed by atoms with E-state index in [1.807, 2.05) is 0 Å². The van der Waals surface area contributed by atoms with Gasteiger partial charge in [0.1, 0.15) is 0 Å². The molecule has 168 valence electrons. The molecule has 8 nitrogen and oxygen atoms in total. The second kappa shape index (κ2) is 9.40. The number of H-pyrrole nitrogens is 1. The third-order valence-electron chi connectivity index (χ3n) is 6.11. The van der Waals surface area contributed by atoms with Gasteiger partial charge in [0.05, 0.1) is 11.6 Å². The van der Waals surface area contributed by atoms with Crippen molar-refractivity contribution in [3.05, 3.63) is 69.7 Å². The molecule has 0 bridgehead atoms. The van der Waals surface area contributed by atoms with Crippen LogP contribution in [0.2, 0.25) is 0 Å². The van der Waals surface area contributed by atoms with Crippen LogP contribution >= 0.6 is 0 Å². The number of carboxylic acid groups (broad SMARTS) is 1. The minimum absolute atomic E-state index is 0.0388. The fourth-order valence-corrected chi connectivity index (χ4v) is 4.26. The first kappa shape index (κ1) is 21.8. The monoisotopic (exact) mass is 437 g/mol. The predicted octanol–water partition coefficient (Wildman–Crippen LogP) is 3.16. The molecule has 1 fully saturated rings. The highest BCUT2D eigenvalue weighted by Crippen LogP contribution is 2.18. The third-order valence-corrected chi connectivity index (χ3v) is 6.11. The first-order valence-corrected chi connectivity index (χ1v) is 10.9. The summed E-state index contributed by atoms with van der Waals surface area (Å²) in [5.41, 5.74) is 3.79. The summed E-state index contributed by atoms with van der Waals surface area (Å²) in [5.74, 6) is -0.584. The van der Waals surface area contributed by atoms with Crippen LogP contribution in [0.1, 0.15) is 34.8 Å². The number of amides is 1. The highest BCUT2D eigenvalue weighted by Gasteiger charge is 2.30. The predicted molar refractivity (Wildman–Crippen MR) is 120 cm³/mol. The number of aromatic nitrogens is 1. The molecule has 3 aromatic rings. The van der Waals surface area contributed by atoms with Gasteiger partial charge >= 0.3 is 11.8 Å². The van der Waals surface area contributed by atoms with E-state index in [1.54, 1.807) is 18.2 Å². The van der Waals surface area contributed by atoms with Gasteiger partial charge in [0.2, 0.25) is 0 Å².